The van der Waals surface area contributed by atoms with Gasteiger partial charge in [0.05, 0.1) is 15.6 Å². The van der Waals surface area contributed by atoms with Gasteiger partial charge in [-0.05, 0) is 48.2 Å². The first-order chi connectivity index (χ1) is 14.0. The second-order valence-corrected chi connectivity index (χ2v) is 8.63. The zero-order valence-electron chi connectivity index (χ0n) is 16.7. The Morgan fingerprint density at radius 1 is 1.17 bits per heavy atom. The van der Waals surface area contributed by atoms with Crippen LogP contribution in [0.4, 0.5) is 5.69 Å². The maximum atomic E-state index is 12.9. The predicted octanol–water partition coefficient (Wildman–Crippen LogP) is 5.40. The van der Waals surface area contributed by atoms with E-state index in [2.05, 4.69) is 30.5 Å². The lowest BCUT2D eigenvalue weighted by atomic mass is 10.0. The molecule has 0 saturated heterocycles. The molecule has 2 aromatic carbocycles. The fourth-order valence-electron chi connectivity index (χ4n) is 4.10. The number of nitrogens with one attached hydrogen (secondary N) is 2. The van der Waals surface area contributed by atoms with Crippen molar-refractivity contribution in [1.82, 2.24) is 9.88 Å². The van der Waals surface area contributed by atoms with E-state index in [0.717, 1.165) is 42.5 Å². The number of anilines is 1. The van der Waals surface area contributed by atoms with Crippen LogP contribution < -0.4 is 10.6 Å². The van der Waals surface area contributed by atoms with E-state index >= 15 is 0 Å². The average Bonchev–Trinajstić information content (AvgIpc) is 2.84. The van der Waals surface area contributed by atoms with Gasteiger partial charge in [0.15, 0.2) is 0 Å². The SMILES string of the molecule is CC(C)c1cccc(NC(=O)Cn2c3c(c4ccc(Cl)c(Cl)c42)CCNCC3)c1. The summed E-state index contributed by atoms with van der Waals surface area (Å²) < 4.78 is 2.05. The third kappa shape index (κ3) is 4.02. The van der Waals surface area contributed by atoms with E-state index < -0.39 is 0 Å². The van der Waals surface area contributed by atoms with Gasteiger partial charge < -0.3 is 15.2 Å². The zero-order chi connectivity index (χ0) is 20.5. The number of rotatable bonds is 4. The van der Waals surface area contributed by atoms with Crippen LogP contribution in [0.1, 0.15) is 36.6 Å². The smallest absolute Gasteiger partial charge is 0.244 e. The van der Waals surface area contributed by atoms with Crippen LogP contribution in [-0.2, 0) is 24.2 Å². The van der Waals surface area contributed by atoms with Gasteiger partial charge in [-0.1, -0.05) is 55.2 Å². The molecule has 2 heterocycles. The van der Waals surface area contributed by atoms with Crippen molar-refractivity contribution in [3.8, 4) is 0 Å². The van der Waals surface area contributed by atoms with E-state index in [1.54, 1.807) is 0 Å². The summed E-state index contributed by atoms with van der Waals surface area (Å²) in [4.78, 5) is 12.9. The summed E-state index contributed by atoms with van der Waals surface area (Å²) >= 11 is 12.9. The molecule has 0 aliphatic carbocycles. The first kappa shape index (κ1) is 20.3. The molecule has 152 valence electrons. The minimum Gasteiger partial charge on any atom is -0.334 e. The maximum absolute atomic E-state index is 12.9. The van der Waals surface area contributed by atoms with Gasteiger partial charge in [-0.3, -0.25) is 4.79 Å². The summed E-state index contributed by atoms with van der Waals surface area (Å²) in [6, 6.07) is 11.9. The molecular formula is C23H25Cl2N3O. The van der Waals surface area contributed by atoms with Crippen molar-refractivity contribution in [3.63, 3.8) is 0 Å². The van der Waals surface area contributed by atoms with Crippen molar-refractivity contribution in [1.29, 1.82) is 0 Å². The molecule has 0 radical (unpaired) electrons. The number of halogens is 2. The number of hydrogen-bond acceptors (Lipinski definition) is 2. The zero-order valence-corrected chi connectivity index (χ0v) is 18.2. The molecule has 0 saturated carbocycles. The first-order valence-electron chi connectivity index (χ1n) is 10.0. The van der Waals surface area contributed by atoms with Crippen LogP contribution in [0.5, 0.6) is 0 Å². The Balaban J connectivity index is 1.70. The van der Waals surface area contributed by atoms with Gasteiger partial charge in [-0.15, -0.1) is 0 Å². The van der Waals surface area contributed by atoms with E-state index in [0.29, 0.717) is 16.0 Å². The van der Waals surface area contributed by atoms with Gasteiger partial charge in [0, 0.05) is 29.7 Å². The minimum absolute atomic E-state index is 0.0705. The predicted molar refractivity (Wildman–Crippen MR) is 121 cm³/mol. The number of aromatic nitrogens is 1. The quantitative estimate of drug-likeness (QED) is 0.582. The summed E-state index contributed by atoms with van der Waals surface area (Å²) in [7, 11) is 0. The van der Waals surface area contributed by atoms with Crippen LogP contribution in [-0.4, -0.2) is 23.6 Å². The lowest BCUT2D eigenvalue weighted by molar-refractivity contribution is -0.116. The molecular weight excluding hydrogens is 405 g/mol. The van der Waals surface area contributed by atoms with E-state index in [1.807, 2.05) is 34.9 Å². The van der Waals surface area contributed by atoms with Crippen LogP contribution in [0.3, 0.4) is 0 Å². The number of fused-ring (bicyclic) bond motifs is 3. The number of carbonyl (C=O) groups excluding carboxylic acids is 1. The highest BCUT2D eigenvalue weighted by atomic mass is 35.5. The van der Waals surface area contributed by atoms with E-state index in [4.69, 9.17) is 23.2 Å². The van der Waals surface area contributed by atoms with Gasteiger partial charge >= 0.3 is 0 Å². The van der Waals surface area contributed by atoms with Crippen LogP contribution in [0.2, 0.25) is 10.0 Å². The molecule has 6 heteroatoms. The van der Waals surface area contributed by atoms with E-state index in [9.17, 15) is 4.79 Å². The van der Waals surface area contributed by atoms with E-state index in [-0.39, 0.29) is 12.5 Å². The van der Waals surface area contributed by atoms with Gasteiger partial charge in [-0.2, -0.15) is 0 Å². The number of carbonyl (C=O) groups is 1. The average molecular weight is 430 g/mol. The molecule has 0 fully saturated rings. The molecule has 4 rings (SSSR count). The topological polar surface area (TPSA) is 46.1 Å². The summed E-state index contributed by atoms with van der Waals surface area (Å²) in [6.45, 7) is 6.29. The molecule has 4 nitrogen and oxygen atoms in total. The van der Waals surface area contributed by atoms with Gasteiger partial charge in [-0.25, -0.2) is 0 Å². The molecule has 1 aliphatic rings. The highest BCUT2D eigenvalue weighted by Crippen LogP contribution is 2.37. The molecule has 0 bridgehead atoms. The Morgan fingerprint density at radius 2 is 1.97 bits per heavy atom. The second kappa shape index (κ2) is 8.39. The third-order valence-corrected chi connectivity index (χ3v) is 6.36. The molecule has 0 unspecified atom stereocenters. The Labute approximate surface area is 181 Å². The van der Waals surface area contributed by atoms with Crippen LogP contribution in [0.25, 0.3) is 10.9 Å². The van der Waals surface area contributed by atoms with Crippen molar-refractivity contribution < 1.29 is 4.79 Å². The molecule has 1 amide bonds. The van der Waals surface area contributed by atoms with Gasteiger partial charge in [0.1, 0.15) is 6.54 Å². The van der Waals surface area contributed by atoms with E-state index in [1.165, 1.54) is 16.8 Å². The standard InChI is InChI=1S/C23H25Cl2N3O/c1-14(2)15-4-3-5-16(12-15)27-21(29)13-28-20-9-11-26-10-8-17(20)18-6-7-19(24)22(25)23(18)28/h3-7,12,14,26H,8-11,13H2,1-2H3,(H,27,29). The van der Waals surface area contributed by atoms with Crippen molar-refractivity contribution in [2.75, 3.05) is 18.4 Å². The Kier molecular flexibility index (Phi) is 5.86. The fourth-order valence-corrected chi connectivity index (χ4v) is 4.52. The van der Waals surface area contributed by atoms with Crippen molar-refractivity contribution in [3.05, 3.63) is 63.3 Å². The van der Waals surface area contributed by atoms with Gasteiger partial charge in [0.25, 0.3) is 0 Å². The van der Waals surface area contributed by atoms with Crippen molar-refractivity contribution >= 4 is 45.7 Å². The highest BCUT2D eigenvalue weighted by molar-refractivity contribution is 6.45. The second-order valence-electron chi connectivity index (χ2n) is 7.85. The summed E-state index contributed by atoms with van der Waals surface area (Å²) in [5.41, 5.74) is 5.30. The molecule has 1 aromatic heterocycles. The Hall–Kier alpha value is -2.01. The molecule has 0 atom stereocenters. The third-order valence-electron chi connectivity index (χ3n) is 5.57. The lowest BCUT2D eigenvalue weighted by Crippen LogP contribution is -2.21. The Morgan fingerprint density at radius 3 is 2.76 bits per heavy atom. The van der Waals surface area contributed by atoms with Crippen molar-refractivity contribution in [2.45, 2.75) is 39.2 Å². The van der Waals surface area contributed by atoms with Crippen molar-refractivity contribution in [2.24, 2.45) is 0 Å². The summed E-state index contributed by atoms with van der Waals surface area (Å²) in [5, 5.41) is 8.60. The molecule has 0 spiro atoms. The number of benzene rings is 2. The number of hydrogen-bond donors (Lipinski definition) is 2. The van der Waals surface area contributed by atoms with Gasteiger partial charge in [0.2, 0.25) is 5.91 Å². The number of nitrogens with zero attached hydrogens (tertiary/aromatic N) is 1. The summed E-state index contributed by atoms with van der Waals surface area (Å²) in [5.74, 6) is 0.336. The fraction of sp³-hybridized carbons (Fsp3) is 0.348. The lowest BCUT2D eigenvalue weighted by Gasteiger charge is -2.13. The normalized spacial score (nSPS) is 14.1. The van der Waals surface area contributed by atoms with Crippen LogP contribution in [0, 0.1) is 0 Å². The first-order valence-corrected chi connectivity index (χ1v) is 10.8. The minimum atomic E-state index is -0.0705. The number of amides is 1. The molecule has 2 N–H and O–H groups in total. The van der Waals surface area contributed by atoms with Crippen LogP contribution in [0.15, 0.2) is 36.4 Å². The molecule has 29 heavy (non-hydrogen) atoms. The van der Waals surface area contributed by atoms with Crippen LogP contribution >= 0.6 is 23.2 Å². The Bertz CT molecular complexity index is 1070. The largest absolute Gasteiger partial charge is 0.334 e. The molecule has 1 aliphatic heterocycles. The maximum Gasteiger partial charge on any atom is 0.244 e. The summed E-state index contributed by atoms with van der Waals surface area (Å²) in [6.07, 6.45) is 1.77. The molecule has 3 aromatic rings. The monoisotopic (exact) mass is 429 g/mol. The highest BCUT2D eigenvalue weighted by Gasteiger charge is 2.23.